The van der Waals surface area contributed by atoms with Crippen molar-refractivity contribution in [2.45, 2.75) is 58.3 Å². The topological polar surface area (TPSA) is 86.7 Å². The number of carbonyl (C=O) groups is 1. The number of aromatic nitrogens is 1. The number of carbonyl (C=O) groups excluding carboxylic acids is 1. The molecule has 2 aliphatic rings. The minimum atomic E-state index is -0.472. The van der Waals surface area contributed by atoms with E-state index in [1.54, 1.807) is 6.20 Å². The Balaban J connectivity index is 0.000000179. The zero-order valence-corrected chi connectivity index (χ0v) is 21.8. The lowest BCUT2D eigenvalue weighted by Gasteiger charge is -2.32. The number of nitrogens with zero attached hydrogens (tertiary/aromatic N) is 2. The summed E-state index contributed by atoms with van der Waals surface area (Å²) in [4.78, 5) is 20.1. The highest BCUT2D eigenvalue weighted by Gasteiger charge is 2.50. The van der Waals surface area contributed by atoms with Crippen molar-refractivity contribution in [3.8, 4) is 0 Å². The maximum absolute atomic E-state index is 12.6. The Hall–Kier alpha value is -3.26. The van der Waals surface area contributed by atoms with Crippen molar-refractivity contribution >= 4 is 28.8 Å². The molecule has 1 unspecified atom stereocenters. The molecule has 3 atom stereocenters. The van der Waals surface area contributed by atoms with Crippen LogP contribution >= 0.6 is 0 Å². The predicted octanol–water partition coefficient (Wildman–Crippen LogP) is 4.43. The fourth-order valence-electron chi connectivity index (χ4n) is 4.82. The summed E-state index contributed by atoms with van der Waals surface area (Å²) in [6, 6.07) is 14.3. The van der Waals surface area contributed by atoms with Crippen LogP contribution in [0.2, 0.25) is 0 Å². The van der Waals surface area contributed by atoms with Crippen LogP contribution in [0.25, 0.3) is 10.9 Å². The predicted molar refractivity (Wildman–Crippen MR) is 146 cm³/mol. The number of ether oxygens (including phenoxy) is 1. The molecule has 2 aliphatic heterocycles. The van der Waals surface area contributed by atoms with Gasteiger partial charge in [-0.3, -0.25) is 9.48 Å². The Bertz CT molecular complexity index is 1290. The lowest BCUT2D eigenvalue weighted by atomic mass is 10.1. The van der Waals surface area contributed by atoms with Crippen molar-refractivity contribution in [2.75, 3.05) is 13.7 Å². The van der Waals surface area contributed by atoms with Crippen LogP contribution in [0.15, 0.2) is 66.1 Å². The van der Waals surface area contributed by atoms with Gasteiger partial charge >= 0.3 is 5.97 Å². The van der Waals surface area contributed by atoms with Crippen molar-refractivity contribution in [3.63, 3.8) is 0 Å². The summed E-state index contributed by atoms with van der Waals surface area (Å²) in [5.74, 6) is -0.154. The van der Waals surface area contributed by atoms with Crippen LogP contribution in [0.3, 0.4) is 0 Å². The van der Waals surface area contributed by atoms with E-state index in [1.165, 1.54) is 22.0 Å². The molecular weight excluding hydrogens is 452 g/mol. The van der Waals surface area contributed by atoms with Gasteiger partial charge in [0, 0.05) is 42.5 Å². The molecule has 0 aliphatic carbocycles. The van der Waals surface area contributed by atoms with Gasteiger partial charge in [-0.1, -0.05) is 30.3 Å². The standard InChI is InChI=1S/C17H21N2O2.C12H16N2O/c1-17(2,3)21-16(20)14-10-12-6-5-7-13-11-18-8-9-19(14,4)15(12)13;1-9(8-15)14-7-11-4-2-3-10-5-6-13-12(10)11/h5-9,11,14H,10H2,1-4H3;2-6,9,13-15H,7-8H2,1H3/q+1;/t14?,19-;9-/m11/s1. The number of esters is 1. The molecule has 7 nitrogen and oxygen atoms in total. The molecule has 36 heavy (non-hydrogen) atoms. The number of hydrogen-bond acceptors (Lipinski definition) is 5. The van der Waals surface area contributed by atoms with E-state index >= 15 is 0 Å². The van der Waals surface area contributed by atoms with Crippen LogP contribution < -0.4 is 9.80 Å². The molecule has 3 aromatic rings. The fraction of sp³-hybridized carbons (Fsp3) is 0.379. The van der Waals surface area contributed by atoms with Gasteiger partial charge in [-0.2, -0.15) is 0 Å². The monoisotopic (exact) mass is 489 g/mol. The summed E-state index contributed by atoms with van der Waals surface area (Å²) in [5, 5.41) is 13.4. The van der Waals surface area contributed by atoms with Gasteiger partial charge in [-0.05, 0) is 50.8 Å². The highest BCUT2D eigenvalue weighted by atomic mass is 16.6. The first-order chi connectivity index (χ1) is 17.1. The van der Waals surface area contributed by atoms with Crippen molar-refractivity contribution in [2.24, 2.45) is 4.99 Å². The molecule has 1 aromatic heterocycles. The number of aliphatic hydroxyl groups excluding tert-OH is 1. The molecule has 0 bridgehead atoms. The van der Waals surface area contributed by atoms with Gasteiger partial charge in [0.05, 0.1) is 25.4 Å². The number of benzene rings is 2. The molecule has 2 aromatic carbocycles. The minimum Gasteiger partial charge on any atom is -0.456 e. The van der Waals surface area contributed by atoms with Gasteiger partial charge in [-0.15, -0.1) is 0 Å². The van der Waals surface area contributed by atoms with Crippen LogP contribution in [-0.4, -0.2) is 53.6 Å². The van der Waals surface area contributed by atoms with Gasteiger partial charge in [0.25, 0.3) is 0 Å². The summed E-state index contributed by atoms with van der Waals surface area (Å²) in [5.41, 5.74) is 5.37. The first-order valence-corrected chi connectivity index (χ1v) is 12.4. The summed E-state index contributed by atoms with van der Waals surface area (Å²) in [6.45, 7) is 8.62. The molecule has 0 radical (unpaired) electrons. The maximum atomic E-state index is 12.6. The van der Waals surface area contributed by atoms with Gasteiger partial charge in [0.2, 0.25) is 6.04 Å². The summed E-state index contributed by atoms with van der Waals surface area (Å²) in [6.07, 6.45) is 8.26. The Kier molecular flexibility index (Phi) is 7.45. The third kappa shape index (κ3) is 5.43. The van der Waals surface area contributed by atoms with Gasteiger partial charge < -0.3 is 20.1 Å². The molecule has 7 heteroatoms. The number of aliphatic hydroxyl groups is 1. The highest BCUT2D eigenvalue weighted by Crippen LogP contribution is 2.42. The van der Waals surface area contributed by atoms with Crippen LogP contribution in [0, 0.1) is 0 Å². The van der Waals surface area contributed by atoms with E-state index in [1.807, 2.05) is 58.4 Å². The fourth-order valence-corrected chi connectivity index (χ4v) is 4.82. The Labute approximate surface area is 213 Å². The second kappa shape index (κ2) is 10.4. The van der Waals surface area contributed by atoms with Crippen molar-refractivity contribution in [1.82, 2.24) is 14.8 Å². The average Bonchev–Trinajstić information content (AvgIpc) is 3.38. The average molecular weight is 490 g/mol. The van der Waals surface area contributed by atoms with E-state index in [0.29, 0.717) is 10.9 Å². The zero-order valence-electron chi connectivity index (χ0n) is 21.8. The molecular formula is C29H37N4O3+. The number of aromatic amines is 1. The molecule has 3 N–H and O–H groups in total. The molecule has 3 heterocycles. The van der Waals surface area contributed by atoms with Gasteiger partial charge in [0.15, 0.2) is 0 Å². The highest BCUT2D eigenvalue weighted by molar-refractivity contribution is 5.93. The van der Waals surface area contributed by atoms with Crippen LogP contribution in [0.1, 0.15) is 44.4 Å². The van der Waals surface area contributed by atoms with Gasteiger partial charge in [0.1, 0.15) is 17.5 Å². The first kappa shape index (κ1) is 25.8. The van der Waals surface area contributed by atoms with Crippen LogP contribution in [0.5, 0.6) is 0 Å². The summed E-state index contributed by atoms with van der Waals surface area (Å²) < 4.78 is 6.06. The quantitative estimate of drug-likeness (QED) is 0.366. The second-order valence-electron chi connectivity index (χ2n) is 10.7. The third-order valence-corrected chi connectivity index (χ3v) is 6.64. The van der Waals surface area contributed by atoms with E-state index in [0.717, 1.165) is 17.8 Å². The van der Waals surface area contributed by atoms with Crippen molar-refractivity contribution in [1.29, 1.82) is 0 Å². The lowest BCUT2D eigenvalue weighted by Crippen LogP contribution is -2.52. The van der Waals surface area contributed by atoms with Crippen molar-refractivity contribution in [3.05, 3.63) is 77.8 Å². The smallest absolute Gasteiger partial charge is 0.366 e. The summed E-state index contributed by atoms with van der Waals surface area (Å²) in [7, 11) is 2.05. The van der Waals surface area contributed by atoms with Crippen molar-refractivity contribution < 1.29 is 14.6 Å². The number of hydrogen-bond donors (Lipinski definition) is 3. The number of aliphatic imine (C=N–C) groups is 1. The Morgan fingerprint density at radius 2 is 2.03 bits per heavy atom. The number of H-pyrrole nitrogens is 1. The Morgan fingerprint density at radius 1 is 1.25 bits per heavy atom. The zero-order chi connectivity index (χ0) is 25.9. The normalized spacial score (nSPS) is 20.9. The molecule has 0 fully saturated rings. The molecule has 5 rings (SSSR count). The van der Waals surface area contributed by atoms with E-state index < -0.39 is 5.60 Å². The summed E-state index contributed by atoms with van der Waals surface area (Å²) >= 11 is 0. The lowest BCUT2D eigenvalue weighted by molar-refractivity contribution is -0.159. The largest absolute Gasteiger partial charge is 0.456 e. The minimum absolute atomic E-state index is 0.134. The number of rotatable bonds is 5. The number of quaternary nitrogens is 1. The molecule has 190 valence electrons. The van der Waals surface area contributed by atoms with Crippen LogP contribution in [-0.2, 0) is 22.5 Å². The SMILES string of the molecule is CC(C)(C)OC(=O)C1Cc2cccc3c2[N@+]1(C)C=CN=C3.C[C@H](CO)NCc1cccc2cc[nH]c12. The number of para-hydroxylation sites is 2. The third-order valence-electron chi connectivity index (χ3n) is 6.64. The van der Waals surface area contributed by atoms with Crippen LogP contribution in [0.4, 0.5) is 5.69 Å². The molecule has 0 amide bonds. The van der Waals surface area contributed by atoms with E-state index in [9.17, 15) is 4.79 Å². The maximum Gasteiger partial charge on any atom is 0.366 e. The van der Waals surface area contributed by atoms with E-state index in [4.69, 9.17) is 9.84 Å². The number of nitrogens with one attached hydrogen (secondary N) is 2. The Morgan fingerprint density at radius 3 is 2.78 bits per heavy atom. The molecule has 0 saturated heterocycles. The second-order valence-corrected chi connectivity index (χ2v) is 10.7. The molecule has 0 saturated carbocycles. The first-order valence-electron chi connectivity index (χ1n) is 12.4. The number of fused-ring (bicyclic) bond motifs is 1. The van der Waals surface area contributed by atoms with Gasteiger partial charge in [-0.25, -0.2) is 4.79 Å². The molecule has 0 spiro atoms. The van der Waals surface area contributed by atoms with E-state index in [2.05, 4.69) is 52.7 Å². The van der Waals surface area contributed by atoms with E-state index in [-0.39, 0.29) is 24.7 Å². The number of likely N-dealkylation sites (N-methyl/N-ethyl adjacent to an activating group) is 1.